The summed E-state index contributed by atoms with van der Waals surface area (Å²) in [4.78, 5) is 27.5. The highest BCUT2D eigenvalue weighted by molar-refractivity contribution is 7.98. The van der Waals surface area contributed by atoms with E-state index in [2.05, 4.69) is 10.2 Å². The number of hydrogen-bond donors (Lipinski definition) is 2. The number of carbonyl (C=O) groups is 2. The van der Waals surface area contributed by atoms with Gasteiger partial charge in [-0.3, -0.25) is 9.69 Å². The monoisotopic (exact) mass is 594 g/mol. The van der Waals surface area contributed by atoms with Gasteiger partial charge in [-0.1, -0.05) is 55.7 Å². The van der Waals surface area contributed by atoms with Gasteiger partial charge >= 0.3 is 5.97 Å². The second-order valence-electron chi connectivity index (χ2n) is 11.3. The Morgan fingerprint density at radius 1 is 1.00 bits per heavy atom. The molecule has 224 valence electrons. The van der Waals surface area contributed by atoms with Gasteiger partial charge in [0.2, 0.25) is 0 Å². The molecule has 2 N–H and O–H groups in total. The zero-order chi connectivity index (χ0) is 30.1. The van der Waals surface area contributed by atoms with Crippen LogP contribution in [0.2, 0.25) is 0 Å². The topological polar surface area (TPSA) is 69.6 Å². The molecule has 1 amide bonds. The van der Waals surface area contributed by atoms with E-state index in [1.807, 2.05) is 49.6 Å². The Morgan fingerprint density at radius 2 is 1.76 bits per heavy atom. The molecule has 3 aromatic carbocycles. The highest BCUT2D eigenvalue weighted by atomic mass is 32.2. The summed E-state index contributed by atoms with van der Waals surface area (Å²) in [5, 5.41) is 12.4. The third-order valence-corrected chi connectivity index (χ3v) is 8.68. The Bertz CT molecular complexity index is 1380. The fourth-order valence-corrected chi connectivity index (χ4v) is 6.26. The number of hydrogen-bond acceptors (Lipinski definition) is 4. The van der Waals surface area contributed by atoms with Gasteiger partial charge in [0, 0.05) is 36.8 Å². The molecule has 1 saturated carbocycles. The number of rotatable bonds is 13. The normalized spacial score (nSPS) is 14.6. The molecule has 8 heteroatoms. The fourth-order valence-electron chi connectivity index (χ4n) is 5.78. The highest BCUT2D eigenvalue weighted by Crippen LogP contribution is 2.30. The second kappa shape index (κ2) is 15.3. The van der Waals surface area contributed by atoms with Crippen molar-refractivity contribution in [2.45, 2.75) is 64.6 Å². The predicted molar refractivity (Wildman–Crippen MR) is 166 cm³/mol. The summed E-state index contributed by atoms with van der Waals surface area (Å²) in [5.41, 5.74) is 4.43. The third-order valence-electron chi connectivity index (χ3n) is 8.03. The van der Waals surface area contributed by atoms with Crippen molar-refractivity contribution >= 4 is 23.6 Å². The van der Waals surface area contributed by atoms with Crippen molar-refractivity contribution in [2.24, 2.45) is 5.92 Å². The van der Waals surface area contributed by atoms with E-state index in [4.69, 9.17) is 0 Å². The van der Waals surface area contributed by atoms with Gasteiger partial charge in [-0.15, -0.1) is 0 Å². The number of aliphatic carboxylic acids is 1. The summed E-state index contributed by atoms with van der Waals surface area (Å²) in [7, 11) is 0. The first-order valence-electron chi connectivity index (χ1n) is 14.6. The first-order valence-corrected chi connectivity index (χ1v) is 16.0. The molecule has 0 heterocycles. The molecule has 1 atom stereocenters. The Labute approximate surface area is 251 Å². The number of halogens is 2. The summed E-state index contributed by atoms with van der Waals surface area (Å²) >= 11 is 1.53. The average Bonchev–Trinajstić information content (AvgIpc) is 2.97. The SMILES string of the molecule is CSCC[C@H](NC(=O)c1ccc(CN(Cc2ccc(F)cc2F)CC2CCCCC2)cc1-c1ccccc1C)C(=O)O. The summed E-state index contributed by atoms with van der Waals surface area (Å²) in [6.07, 6.45) is 8.13. The molecular formula is C34H40F2N2O3S. The lowest BCUT2D eigenvalue weighted by atomic mass is 9.88. The number of thioether (sulfide) groups is 1. The van der Waals surface area contributed by atoms with Gasteiger partial charge in [0.15, 0.2) is 0 Å². The first kappa shape index (κ1) is 31.7. The molecule has 0 bridgehead atoms. The lowest BCUT2D eigenvalue weighted by Gasteiger charge is -2.30. The zero-order valence-corrected chi connectivity index (χ0v) is 25.2. The number of carbonyl (C=O) groups excluding carboxylic acids is 1. The minimum absolute atomic E-state index is 0.329. The molecule has 4 rings (SSSR count). The van der Waals surface area contributed by atoms with E-state index in [0.717, 1.165) is 47.7 Å². The van der Waals surface area contributed by atoms with Crippen molar-refractivity contribution < 1.29 is 23.5 Å². The van der Waals surface area contributed by atoms with E-state index in [1.54, 1.807) is 6.07 Å². The molecule has 0 spiro atoms. The van der Waals surface area contributed by atoms with Crippen molar-refractivity contribution in [1.29, 1.82) is 0 Å². The molecule has 0 aromatic heterocycles. The molecular weight excluding hydrogens is 554 g/mol. The van der Waals surface area contributed by atoms with Crippen molar-refractivity contribution in [3.63, 3.8) is 0 Å². The maximum absolute atomic E-state index is 14.7. The number of benzene rings is 3. The van der Waals surface area contributed by atoms with Crippen LogP contribution in [0.25, 0.3) is 11.1 Å². The largest absolute Gasteiger partial charge is 0.480 e. The van der Waals surface area contributed by atoms with E-state index in [1.165, 1.54) is 43.2 Å². The van der Waals surface area contributed by atoms with Gasteiger partial charge in [0.1, 0.15) is 17.7 Å². The summed E-state index contributed by atoms with van der Waals surface area (Å²) in [6.45, 7) is 3.66. The number of nitrogens with one attached hydrogen (secondary N) is 1. The predicted octanol–water partition coefficient (Wildman–Crippen LogP) is 7.46. The van der Waals surface area contributed by atoms with Gasteiger partial charge in [-0.2, -0.15) is 11.8 Å². The molecule has 3 aromatic rings. The third kappa shape index (κ3) is 8.65. The molecule has 1 aliphatic carbocycles. The van der Waals surface area contributed by atoms with E-state index in [0.29, 0.717) is 42.3 Å². The maximum atomic E-state index is 14.7. The first-order chi connectivity index (χ1) is 20.2. The van der Waals surface area contributed by atoms with Crippen LogP contribution in [0.4, 0.5) is 8.78 Å². The Balaban J connectivity index is 1.66. The molecule has 42 heavy (non-hydrogen) atoms. The highest BCUT2D eigenvalue weighted by Gasteiger charge is 2.24. The van der Waals surface area contributed by atoms with Gasteiger partial charge in [-0.25, -0.2) is 13.6 Å². The lowest BCUT2D eigenvalue weighted by Crippen LogP contribution is -2.41. The van der Waals surface area contributed by atoms with Crippen LogP contribution >= 0.6 is 11.8 Å². The Kier molecular flexibility index (Phi) is 11.5. The van der Waals surface area contributed by atoms with Crippen molar-refractivity contribution in [3.8, 4) is 11.1 Å². The number of aryl methyl sites for hydroxylation is 1. The van der Waals surface area contributed by atoms with Gasteiger partial charge in [0.25, 0.3) is 5.91 Å². The molecule has 0 saturated heterocycles. The van der Waals surface area contributed by atoms with Gasteiger partial charge in [-0.05, 0) is 84.6 Å². The minimum atomic E-state index is -1.06. The van der Waals surface area contributed by atoms with Gasteiger partial charge < -0.3 is 10.4 Å². The second-order valence-corrected chi connectivity index (χ2v) is 12.2. The number of nitrogens with zero attached hydrogens (tertiary/aromatic N) is 1. The summed E-state index contributed by atoms with van der Waals surface area (Å²) < 4.78 is 28.3. The van der Waals surface area contributed by atoms with Crippen LogP contribution < -0.4 is 5.32 Å². The molecule has 1 aliphatic rings. The quantitative estimate of drug-likeness (QED) is 0.215. The van der Waals surface area contributed by atoms with Crippen molar-refractivity contribution in [1.82, 2.24) is 10.2 Å². The van der Waals surface area contributed by atoms with Crippen LogP contribution in [-0.4, -0.2) is 46.5 Å². The average molecular weight is 595 g/mol. The van der Waals surface area contributed by atoms with E-state index < -0.39 is 29.6 Å². The maximum Gasteiger partial charge on any atom is 0.326 e. The Hall–Kier alpha value is -3.23. The molecule has 0 aliphatic heterocycles. The van der Waals surface area contributed by atoms with E-state index in [-0.39, 0.29) is 0 Å². The van der Waals surface area contributed by atoms with Crippen molar-refractivity contribution in [3.05, 3.63) is 94.6 Å². The minimum Gasteiger partial charge on any atom is -0.480 e. The summed E-state index contributed by atoms with van der Waals surface area (Å²) in [6, 6.07) is 16.2. The van der Waals surface area contributed by atoms with Crippen LogP contribution in [0.5, 0.6) is 0 Å². The van der Waals surface area contributed by atoms with E-state index >= 15 is 0 Å². The van der Waals surface area contributed by atoms with Crippen LogP contribution in [0.3, 0.4) is 0 Å². The molecule has 1 fully saturated rings. The van der Waals surface area contributed by atoms with E-state index in [9.17, 15) is 23.5 Å². The van der Waals surface area contributed by atoms with Crippen molar-refractivity contribution in [2.75, 3.05) is 18.6 Å². The number of carboxylic acids is 1. The molecule has 0 radical (unpaired) electrons. The molecule has 0 unspecified atom stereocenters. The molecule has 5 nitrogen and oxygen atoms in total. The standard InChI is InChI=1S/C34H40F2N2O3S/c1-23-8-6-7-11-28(23)30-18-25(12-15-29(30)33(39)37-32(34(40)41)16-17-42-2)21-38(20-24-9-4-3-5-10-24)22-26-13-14-27(35)19-31(26)36/h6-8,11-15,18-19,24,32H,3-5,9-10,16-17,20-22H2,1-2H3,(H,37,39)(H,40,41)/t32-/m0/s1. The fraction of sp³-hybridized carbons (Fsp3) is 0.412. The zero-order valence-electron chi connectivity index (χ0n) is 24.4. The van der Waals surface area contributed by atoms with Crippen LogP contribution in [-0.2, 0) is 17.9 Å². The van der Waals surface area contributed by atoms with Gasteiger partial charge in [0.05, 0.1) is 0 Å². The van der Waals surface area contributed by atoms with Crippen LogP contribution in [0.15, 0.2) is 60.7 Å². The number of carboxylic acid groups (broad SMARTS) is 1. The van der Waals surface area contributed by atoms with Crippen LogP contribution in [0, 0.1) is 24.5 Å². The smallest absolute Gasteiger partial charge is 0.326 e. The number of amides is 1. The van der Waals surface area contributed by atoms with Crippen LogP contribution in [0.1, 0.15) is 65.6 Å². The summed E-state index contributed by atoms with van der Waals surface area (Å²) in [5.74, 6) is -1.50. The Morgan fingerprint density at radius 3 is 2.45 bits per heavy atom. The lowest BCUT2D eigenvalue weighted by molar-refractivity contribution is -0.139.